The lowest BCUT2D eigenvalue weighted by molar-refractivity contribution is 0.0509. The molecule has 1 aliphatic rings. The van der Waals surface area contributed by atoms with Crippen molar-refractivity contribution < 1.29 is 22.6 Å². The molecule has 3 rings (SSSR count). The Bertz CT molecular complexity index is 926. The summed E-state index contributed by atoms with van der Waals surface area (Å²) < 4.78 is 44.7. The van der Waals surface area contributed by atoms with Gasteiger partial charge in [0.2, 0.25) is 10.0 Å². The van der Waals surface area contributed by atoms with Crippen molar-refractivity contribution in [1.82, 2.24) is 4.72 Å². The van der Waals surface area contributed by atoms with Crippen LogP contribution in [0.25, 0.3) is 0 Å². The van der Waals surface area contributed by atoms with Gasteiger partial charge in [-0.2, -0.15) is 0 Å². The molecule has 0 aromatic heterocycles. The Morgan fingerprint density at radius 1 is 1.07 bits per heavy atom. The average molecular weight is 426 g/mol. The Labute approximate surface area is 170 Å². The van der Waals surface area contributed by atoms with E-state index in [9.17, 15) is 8.42 Å². The predicted molar refractivity (Wildman–Crippen MR) is 108 cm³/mol. The largest absolute Gasteiger partial charge is 0.496 e. The van der Waals surface area contributed by atoms with Gasteiger partial charge in [-0.05, 0) is 37.1 Å². The molecule has 0 spiro atoms. The first-order valence-electron chi connectivity index (χ1n) is 8.96. The molecule has 0 atom stereocenters. The molecule has 1 fully saturated rings. The molecule has 152 valence electrons. The number of hydrogen-bond donors (Lipinski definition) is 1. The molecule has 2 aromatic rings. The molecule has 0 amide bonds. The van der Waals surface area contributed by atoms with E-state index in [1.165, 1.54) is 19.2 Å². The zero-order valence-corrected chi connectivity index (χ0v) is 17.5. The van der Waals surface area contributed by atoms with Crippen LogP contribution in [0.4, 0.5) is 0 Å². The van der Waals surface area contributed by atoms with Gasteiger partial charge in [0.1, 0.15) is 11.5 Å². The Morgan fingerprint density at radius 2 is 1.75 bits per heavy atom. The van der Waals surface area contributed by atoms with Gasteiger partial charge in [-0.25, -0.2) is 13.1 Å². The van der Waals surface area contributed by atoms with Crippen molar-refractivity contribution in [2.75, 3.05) is 34.0 Å². The normalized spacial score (nSPS) is 16.5. The van der Waals surface area contributed by atoms with Gasteiger partial charge in [0.15, 0.2) is 0 Å². The molecule has 1 saturated heterocycles. The number of hydrogen-bond acceptors (Lipinski definition) is 5. The number of sulfonamides is 1. The molecule has 0 unspecified atom stereocenters. The van der Waals surface area contributed by atoms with Crippen LogP contribution in [-0.4, -0.2) is 42.4 Å². The second-order valence-corrected chi connectivity index (χ2v) is 8.89. The van der Waals surface area contributed by atoms with Crippen LogP contribution in [0.5, 0.6) is 11.5 Å². The zero-order chi connectivity index (χ0) is 20.2. The van der Waals surface area contributed by atoms with Crippen molar-refractivity contribution in [3.05, 3.63) is 53.1 Å². The summed E-state index contributed by atoms with van der Waals surface area (Å²) in [5.74, 6) is 1.17. The lowest BCUT2D eigenvalue weighted by Gasteiger charge is -2.38. The monoisotopic (exact) mass is 425 g/mol. The molecule has 1 heterocycles. The highest BCUT2D eigenvalue weighted by Gasteiger charge is 2.38. The fraction of sp³-hybridized carbons (Fsp3) is 0.400. The van der Waals surface area contributed by atoms with E-state index in [-0.39, 0.29) is 16.5 Å². The molecule has 0 aliphatic carbocycles. The van der Waals surface area contributed by atoms with Crippen molar-refractivity contribution in [2.45, 2.75) is 23.2 Å². The van der Waals surface area contributed by atoms with Gasteiger partial charge in [0, 0.05) is 30.7 Å². The lowest BCUT2D eigenvalue weighted by Crippen LogP contribution is -2.44. The third kappa shape index (κ3) is 4.27. The van der Waals surface area contributed by atoms with E-state index in [1.54, 1.807) is 13.2 Å². The maximum absolute atomic E-state index is 12.9. The fourth-order valence-corrected chi connectivity index (χ4v) is 4.99. The van der Waals surface area contributed by atoms with Gasteiger partial charge in [-0.15, -0.1) is 0 Å². The summed E-state index contributed by atoms with van der Waals surface area (Å²) >= 11 is 6.10. The minimum absolute atomic E-state index is 0.0977. The fourth-order valence-electron chi connectivity index (χ4n) is 3.52. The second kappa shape index (κ2) is 8.69. The zero-order valence-electron chi connectivity index (χ0n) is 15.9. The van der Waals surface area contributed by atoms with E-state index in [4.69, 9.17) is 25.8 Å². The third-order valence-electron chi connectivity index (χ3n) is 5.16. The SMILES string of the molecule is COc1ccc(S(=O)(=O)NCC2(c3ccccc3OC)CCOCC2)cc1Cl. The van der Waals surface area contributed by atoms with Gasteiger partial charge in [-0.3, -0.25) is 0 Å². The molecule has 1 N–H and O–H groups in total. The van der Waals surface area contributed by atoms with Crippen LogP contribution in [0.3, 0.4) is 0 Å². The van der Waals surface area contributed by atoms with Crippen LogP contribution < -0.4 is 14.2 Å². The van der Waals surface area contributed by atoms with Gasteiger partial charge >= 0.3 is 0 Å². The van der Waals surface area contributed by atoms with Crippen molar-refractivity contribution >= 4 is 21.6 Å². The number of para-hydroxylation sites is 1. The Hall–Kier alpha value is -1.80. The van der Waals surface area contributed by atoms with Crippen LogP contribution in [0.1, 0.15) is 18.4 Å². The smallest absolute Gasteiger partial charge is 0.240 e. The Balaban J connectivity index is 1.89. The molecule has 0 radical (unpaired) electrons. The van der Waals surface area contributed by atoms with E-state index in [0.29, 0.717) is 31.8 Å². The van der Waals surface area contributed by atoms with E-state index < -0.39 is 15.4 Å². The molecule has 1 aliphatic heterocycles. The van der Waals surface area contributed by atoms with Crippen molar-refractivity contribution in [2.24, 2.45) is 0 Å². The first-order chi connectivity index (χ1) is 13.4. The highest BCUT2D eigenvalue weighted by Crippen LogP contribution is 2.39. The van der Waals surface area contributed by atoms with Crippen molar-refractivity contribution in [1.29, 1.82) is 0 Å². The second-order valence-electron chi connectivity index (χ2n) is 6.71. The lowest BCUT2D eigenvalue weighted by atomic mass is 9.74. The quantitative estimate of drug-likeness (QED) is 0.736. The van der Waals surface area contributed by atoms with Gasteiger partial charge in [0.25, 0.3) is 0 Å². The first-order valence-corrected chi connectivity index (χ1v) is 10.8. The summed E-state index contributed by atoms with van der Waals surface area (Å²) in [6, 6.07) is 12.1. The van der Waals surface area contributed by atoms with E-state index in [0.717, 1.165) is 11.3 Å². The van der Waals surface area contributed by atoms with Crippen LogP contribution >= 0.6 is 11.6 Å². The summed E-state index contributed by atoms with van der Waals surface area (Å²) in [5, 5.41) is 0.246. The van der Waals surface area contributed by atoms with E-state index in [1.807, 2.05) is 24.3 Å². The van der Waals surface area contributed by atoms with Crippen molar-refractivity contribution in [3.8, 4) is 11.5 Å². The van der Waals surface area contributed by atoms with Crippen LogP contribution in [0.15, 0.2) is 47.4 Å². The highest BCUT2D eigenvalue weighted by atomic mass is 35.5. The van der Waals surface area contributed by atoms with E-state index >= 15 is 0 Å². The summed E-state index contributed by atoms with van der Waals surface area (Å²) in [4.78, 5) is 0.0977. The topological polar surface area (TPSA) is 73.9 Å². The van der Waals surface area contributed by atoms with E-state index in [2.05, 4.69) is 4.72 Å². The predicted octanol–water partition coefficient (Wildman–Crippen LogP) is 3.38. The van der Waals surface area contributed by atoms with Gasteiger partial charge in [-0.1, -0.05) is 29.8 Å². The summed E-state index contributed by atoms with van der Waals surface area (Å²) in [6.07, 6.45) is 1.39. The summed E-state index contributed by atoms with van der Waals surface area (Å²) in [6.45, 7) is 1.37. The molecule has 2 aromatic carbocycles. The molecule has 8 heteroatoms. The minimum Gasteiger partial charge on any atom is -0.496 e. The van der Waals surface area contributed by atoms with Gasteiger partial charge in [0.05, 0.1) is 24.1 Å². The number of benzene rings is 2. The summed E-state index contributed by atoms with van der Waals surface area (Å²) in [5.41, 5.74) is 0.574. The molecule has 0 bridgehead atoms. The molecular formula is C20H24ClNO5S. The van der Waals surface area contributed by atoms with Crippen LogP contribution in [0.2, 0.25) is 5.02 Å². The molecule has 6 nitrogen and oxygen atoms in total. The number of nitrogens with one attached hydrogen (secondary N) is 1. The third-order valence-corrected chi connectivity index (χ3v) is 6.86. The van der Waals surface area contributed by atoms with Crippen molar-refractivity contribution in [3.63, 3.8) is 0 Å². The standard InChI is InChI=1S/C20H24ClNO5S/c1-25-18-6-4-3-5-16(18)20(9-11-27-12-10-20)14-22-28(23,24)15-7-8-19(26-2)17(21)13-15/h3-8,13,22H,9-12,14H2,1-2H3. The van der Waals surface area contributed by atoms with Gasteiger partial charge < -0.3 is 14.2 Å². The maximum atomic E-state index is 12.9. The highest BCUT2D eigenvalue weighted by molar-refractivity contribution is 7.89. The maximum Gasteiger partial charge on any atom is 0.240 e. The number of rotatable bonds is 7. The number of methoxy groups -OCH3 is 2. The molecule has 0 saturated carbocycles. The summed E-state index contributed by atoms with van der Waals surface area (Å²) in [7, 11) is -0.642. The van der Waals surface area contributed by atoms with Crippen LogP contribution in [0, 0.1) is 0 Å². The average Bonchev–Trinajstić information content (AvgIpc) is 2.73. The Morgan fingerprint density at radius 3 is 2.39 bits per heavy atom. The van der Waals surface area contributed by atoms with Crippen LogP contribution in [-0.2, 0) is 20.2 Å². The number of halogens is 1. The first kappa shape index (κ1) is 20.9. The molecule has 28 heavy (non-hydrogen) atoms. The molecular weight excluding hydrogens is 402 g/mol. The Kier molecular flexibility index (Phi) is 6.50. The minimum atomic E-state index is -3.74. The number of ether oxygens (including phenoxy) is 3.